The van der Waals surface area contributed by atoms with Crippen LogP contribution in [0.3, 0.4) is 0 Å². The Labute approximate surface area is 384 Å². The first kappa shape index (κ1) is 59.4. The predicted octanol–water partition coefficient (Wildman–Crippen LogP) is 11.4. The van der Waals surface area contributed by atoms with Gasteiger partial charge in [0.1, 0.15) is 36.8 Å². The molecule has 0 spiro atoms. The van der Waals surface area contributed by atoms with Crippen molar-refractivity contribution in [2.24, 2.45) is 0 Å². The van der Waals surface area contributed by atoms with Crippen LogP contribution in [0.4, 0.5) is 0 Å². The predicted molar refractivity (Wildman–Crippen MR) is 252 cm³/mol. The number of carbonyl (C=O) groups is 2. The van der Waals surface area contributed by atoms with Crippen molar-refractivity contribution in [2.75, 3.05) is 19.0 Å². The molecule has 1 rings (SSSR count). The highest BCUT2D eigenvalue weighted by Crippen LogP contribution is 2.24. The highest BCUT2D eigenvalue weighted by atomic mass is 32.2. The summed E-state index contributed by atoms with van der Waals surface area (Å²) in [5, 5.41) is 31.0. The summed E-state index contributed by atoms with van der Waals surface area (Å²) < 4.78 is 54.2. The molecule has 1 aliphatic heterocycles. The molecule has 0 aromatic heterocycles. The molecule has 0 radical (unpaired) electrons. The number of hydrogen-bond donors (Lipinski definition) is 4. The van der Waals surface area contributed by atoms with Gasteiger partial charge in [-0.3, -0.25) is 14.1 Å². The molecule has 0 saturated carbocycles. The molecule has 12 nitrogen and oxygen atoms in total. The molecule has 2 unspecified atom stereocenters. The highest BCUT2D eigenvalue weighted by molar-refractivity contribution is 7.85. The first-order valence-electron chi connectivity index (χ1n) is 25.7. The molecule has 0 amide bonds. The van der Waals surface area contributed by atoms with Crippen LogP contribution in [0.15, 0.2) is 12.7 Å². The number of allylic oxidation sites excluding steroid dienone is 1. The number of carbonyl (C=O) groups excluding carboxylic acids is 2. The summed E-state index contributed by atoms with van der Waals surface area (Å²) in [7, 11) is -4.60. The van der Waals surface area contributed by atoms with Crippen LogP contribution in [0.1, 0.15) is 238 Å². The Morgan fingerprint density at radius 1 is 0.556 bits per heavy atom. The summed E-state index contributed by atoms with van der Waals surface area (Å²) in [6.07, 6.45) is 34.3. The van der Waals surface area contributed by atoms with Crippen LogP contribution < -0.4 is 0 Å². The van der Waals surface area contributed by atoms with Gasteiger partial charge in [-0.05, 0) is 25.7 Å². The van der Waals surface area contributed by atoms with Crippen molar-refractivity contribution in [3.05, 3.63) is 12.7 Å². The van der Waals surface area contributed by atoms with Crippen LogP contribution in [0.2, 0.25) is 0 Å². The highest BCUT2D eigenvalue weighted by Gasteiger charge is 2.46. The van der Waals surface area contributed by atoms with E-state index in [1.807, 2.05) is 6.08 Å². The standard InChI is InChI=1S/C50H94O12S/c1-3-5-7-9-11-13-15-17-19-20-21-22-23-25-26-28-30-32-34-36-38-45(51)59-40-43(41-60-50-49(55)48(54)47(53)44(62-50)42-63(56,57)58)61-46(52)39-37-35-33-31-29-27-24-18-16-14-12-10-8-6-4-2/h4,43-44,47-50,53-55H,2-3,5-42H2,1H3,(H,56,57,58)/t43-,44-,47-,48?,49?,50+/m1/s1. The molecule has 63 heavy (non-hydrogen) atoms. The lowest BCUT2D eigenvalue weighted by molar-refractivity contribution is -0.297. The number of unbranched alkanes of at least 4 members (excludes halogenated alkanes) is 32. The lowest BCUT2D eigenvalue weighted by atomic mass is 10.00. The maximum Gasteiger partial charge on any atom is 0.306 e. The minimum atomic E-state index is -4.60. The summed E-state index contributed by atoms with van der Waals surface area (Å²) in [4.78, 5) is 25.5. The first-order chi connectivity index (χ1) is 30.5. The lowest BCUT2D eigenvalue weighted by Crippen LogP contribution is -2.60. The Morgan fingerprint density at radius 2 is 0.937 bits per heavy atom. The fourth-order valence-corrected chi connectivity index (χ4v) is 8.94. The molecular weight excluding hydrogens is 825 g/mol. The van der Waals surface area contributed by atoms with Gasteiger partial charge < -0.3 is 34.3 Å². The molecule has 13 heteroatoms. The van der Waals surface area contributed by atoms with E-state index in [1.54, 1.807) is 0 Å². The van der Waals surface area contributed by atoms with Gasteiger partial charge in [-0.1, -0.05) is 206 Å². The molecule has 1 saturated heterocycles. The molecule has 1 heterocycles. The summed E-state index contributed by atoms with van der Waals surface area (Å²) in [6, 6.07) is 0. The van der Waals surface area contributed by atoms with Crippen molar-refractivity contribution in [3.63, 3.8) is 0 Å². The number of ether oxygens (including phenoxy) is 4. The fraction of sp³-hybridized carbons (Fsp3) is 0.920. The van der Waals surface area contributed by atoms with Gasteiger partial charge in [0.2, 0.25) is 0 Å². The Bertz CT molecular complexity index is 1200. The molecule has 4 N–H and O–H groups in total. The Balaban J connectivity index is 2.34. The topological polar surface area (TPSA) is 186 Å². The molecule has 0 bridgehead atoms. The Morgan fingerprint density at radius 3 is 1.33 bits per heavy atom. The van der Waals surface area contributed by atoms with Gasteiger partial charge in [0.15, 0.2) is 12.4 Å². The van der Waals surface area contributed by atoms with Gasteiger partial charge in [0.25, 0.3) is 10.1 Å². The maximum absolute atomic E-state index is 12.8. The zero-order chi connectivity index (χ0) is 46.2. The van der Waals surface area contributed by atoms with E-state index in [-0.39, 0.29) is 19.4 Å². The molecule has 1 aliphatic rings. The van der Waals surface area contributed by atoms with Gasteiger partial charge in [0, 0.05) is 12.8 Å². The van der Waals surface area contributed by atoms with Crippen molar-refractivity contribution in [1.82, 2.24) is 0 Å². The second-order valence-corrected chi connectivity index (χ2v) is 19.8. The average Bonchev–Trinajstić information content (AvgIpc) is 3.25. The molecule has 6 atom stereocenters. The molecule has 0 aromatic rings. The monoisotopic (exact) mass is 919 g/mol. The van der Waals surface area contributed by atoms with Gasteiger partial charge in [0.05, 0.1) is 6.61 Å². The van der Waals surface area contributed by atoms with Gasteiger partial charge in [-0.15, -0.1) is 6.58 Å². The zero-order valence-electron chi connectivity index (χ0n) is 39.8. The summed E-state index contributed by atoms with van der Waals surface area (Å²) >= 11 is 0. The SMILES string of the molecule is C=CCCCCCCCCCCCCCCCC(=O)O[C@H](COC(=O)CCCCCCCCCCCCCCCCCCCCCC)CO[C@H]1O[C@H](CS(=O)(=O)O)[C@@H](O)C(O)C1O. The zero-order valence-corrected chi connectivity index (χ0v) is 40.6. The lowest BCUT2D eigenvalue weighted by Gasteiger charge is -2.40. The average molecular weight is 919 g/mol. The number of aliphatic hydroxyl groups is 3. The smallest absolute Gasteiger partial charge is 0.306 e. The van der Waals surface area contributed by atoms with E-state index in [2.05, 4.69) is 13.5 Å². The molecule has 372 valence electrons. The normalized spacial score (nSPS) is 19.5. The summed E-state index contributed by atoms with van der Waals surface area (Å²) in [5.74, 6) is -1.97. The largest absolute Gasteiger partial charge is 0.462 e. The van der Waals surface area contributed by atoms with Crippen LogP contribution in [0.5, 0.6) is 0 Å². The quantitative estimate of drug-likeness (QED) is 0.0196. The van der Waals surface area contributed by atoms with Crippen LogP contribution in [0.25, 0.3) is 0 Å². The van der Waals surface area contributed by atoms with E-state index in [0.717, 1.165) is 44.9 Å². The van der Waals surface area contributed by atoms with Gasteiger partial charge in [-0.2, -0.15) is 8.42 Å². The second kappa shape index (κ2) is 40.6. The summed E-state index contributed by atoms with van der Waals surface area (Å²) in [5.41, 5.74) is 0. The first-order valence-corrected chi connectivity index (χ1v) is 27.3. The van der Waals surface area contributed by atoms with Gasteiger partial charge >= 0.3 is 11.9 Å². The van der Waals surface area contributed by atoms with E-state index >= 15 is 0 Å². The maximum atomic E-state index is 12.8. The Hall–Kier alpha value is -1.61. The van der Waals surface area contributed by atoms with E-state index in [4.69, 9.17) is 18.9 Å². The number of esters is 2. The van der Waals surface area contributed by atoms with Crippen molar-refractivity contribution in [2.45, 2.75) is 275 Å². The minimum absolute atomic E-state index is 0.167. The Kier molecular flexibility index (Phi) is 38.3. The van der Waals surface area contributed by atoms with Gasteiger partial charge in [-0.25, -0.2) is 0 Å². The third-order valence-electron chi connectivity index (χ3n) is 12.2. The van der Waals surface area contributed by atoms with Crippen molar-refractivity contribution >= 4 is 22.1 Å². The molecular formula is C50H94O12S. The number of hydrogen-bond acceptors (Lipinski definition) is 11. The van der Waals surface area contributed by atoms with Crippen LogP contribution >= 0.6 is 0 Å². The van der Waals surface area contributed by atoms with Crippen LogP contribution in [-0.4, -0.2) is 96.0 Å². The van der Waals surface area contributed by atoms with Crippen molar-refractivity contribution < 1.29 is 56.8 Å². The third-order valence-corrected chi connectivity index (χ3v) is 13.0. The summed E-state index contributed by atoms with van der Waals surface area (Å²) in [6.45, 7) is 5.33. The number of aliphatic hydroxyl groups excluding tert-OH is 3. The van der Waals surface area contributed by atoms with Crippen molar-refractivity contribution in [1.29, 1.82) is 0 Å². The van der Waals surface area contributed by atoms with E-state index in [9.17, 15) is 37.9 Å². The molecule has 0 aliphatic carbocycles. The van der Waals surface area contributed by atoms with Crippen molar-refractivity contribution in [3.8, 4) is 0 Å². The second-order valence-electron chi connectivity index (χ2n) is 18.3. The van der Waals surface area contributed by atoms with E-state index in [1.165, 1.54) is 161 Å². The van der Waals surface area contributed by atoms with E-state index in [0.29, 0.717) is 12.8 Å². The number of rotatable bonds is 45. The van der Waals surface area contributed by atoms with Crippen LogP contribution in [-0.2, 0) is 38.7 Å². The van der Waals surface area contributed by atoms with E-state index < -0.39 is 71.2 Å². The fourth-order valence-electron chi connectivity index (χ4n) is 8.25. The van der Waals surface area contributed by atoms with Crippen LogP contribution in [0, 0.1) is 0 Å². The minimum Gasteiger partial charge on any atom is -0.462 e. The molecule has 1 fully saturated rings. The molecule has 0 aromatic carbocycles. The third kappa shape index (κ3) is 35.3.